The zero-order valence-electron chi connectivity index (χ0n) is 10.0. The molecule has 1 amide bonds. The number of carbonyl (C=O) groups is 1. The number of benzene rings is 1. The molecule has 0 spiro atoms. The molecule has 1 N–H and O–H groups in total. The van der Waals surface area contributed by atoms with E-state index in [1.165, 1.54) is 0 Å². The first-order valence-electron chi connectivity index (χ1n) is 6.14. The van der Waals surface area contributed by atoms with Gasteiger partial charge in [0, 0.05) is 23.7 Å². The van der Waals surface area contributed by atoms with Crippen molar-refractivity contribution in [1.82, 2.24) is 10.2 Å². The molecule has 18 heavy (non-hydrogen) atoms. The highest BCUT2D eigenvalue weighted by molar-refractivity contribution is 7.99. The van der Waals surface area contributed by atoms with Crippen LogP contribution in [0.4, 0.5) is 0 Å². The molecule has 2 atom stereocenters. The van der Waals surface area contributed by atoms with E-state index >= 15 is 0 Å². The minimum atomic E-state index is -0.217. The predicted molar refractivity (Wildman–Crippen MR) is 71.1 cm³/mol. The summed E-state index contributed by atoms with van der Waals surface area (Å²) in [6, 6.07) is 9.88. The molecule has 2 aliphatic rings. The first kappa shape index (κ1) is 12.0. The van der Waals surface area contributed by atoms with E-state index in [0.29, 0.717) is 13.2 Å². The number of hydrogen-bond acceptors (Lipinski definition) is 4. The van der Waals surface area contributed by atoms with E-state index in [1.54, 1.807) is 11.8 Å². The largest absolute Gasteiger partial charge is 0.352 e. The maximum absolute atomic E-state index is 12.4. The molecule has 1 aromatic rings. The van der Waals surface area contributed by atoms with E-state index in [9.17, 15) is 4.79 Å². The SMILES string of the molecule is O=C(C1CSCN1)N1CCOC1c1ccccc1. The van der Waals surface area contributed by atoms with Crippen molar-refractivity contribution >= 4 is 17.7 Å². The highest BCUT2D eigenvalue weighted by Gasteiger charge is 2.35. The van der Waals surface area contributed by atoms with Crippen LogP contribution in [0.2, 0.25) is 0 Å². The monoisotopic (exact) mass is 264 g/mol. The van der Waals surface area contributed by atoms with E-state index in [-0.39, 0.29) is 18.2 Å². The fourth-order valence-electron chi connectivity index (χ4n) is 2.34. The number of rotatable bonds is 2. The summed E-state index contributed by atoms with van der Waals surface area (Å²) in [6.45, 7) is 1.30. The van der Waals surface area contributed by atoms with Gasteiger partial charge in [-0.25, -0.2) is 0 Å². The first-order valence-corrected chi connectivity index (χ1v) is 7.30. The lowest BCUT2D eigenvalue weighted by Gasteiger charge is -2.25. The number of thioether (sulfide) groups is 1. The average Bonchev–Trinajstić information content (AvgIpc) is 3.10. The number of carbonyl (C=O) groups excluding carboxylic acids is 1. The van der Waals surface area contributed by atoms with Crippen LogP contribution in [-0.2, 0) is 9.53 Å². The van der Waals surface area contributed by atoms with Crippen LogP contribution in [0.5, 0.6) is 0 Å². The zero-order valence-corrected chi connectivity index (χ0v) is 10.9. The molecule has 0 bridgehead atoms. The maximum atomic E-state index is 12.4. The van der Waals surface area contributed by atoms with Crippen LogP contribution in [0.1, 0.15) is 11.8 Å². The van der Waals surface area contributed by atoms with Crippen molar-refractivity contribution in [2.75, 3.05) is 24.8 Å². The number of nitrogens with one attached hydrogen (secondary N) is 1. The summed E-state index contributed by atoms with van der Waals surface area (Å²) in [5.41, 5.74) is 1.05. The molecular formula is C13H16N2O2S. The Bertz CT molecular complexity index is 420. The molecule has 0 aromatic heterocycles. The third-order valence-corrected chi connectivity index (χ3v) is 4.21. The molecule has 2 aliphatic heterocycles. The van der Waals surface area contributed by atoms with Crippen LogP contribution in [0.25, 0.3) is 0 Å². The summed E-state index contributed by atoms with van der Waals surface area (Å²) in [7, 11) is 0. The quantitative estimate of drug-likeness (QED) is 0.871. The van der Waals surface area contributed by atoms with Gasteiger partial charge in [-0.15, -0.1) is 11.8 Å². The van der Waals surface area contributed by atoms with Crippen molar-refractivity contribution in [1.29, 1.82) is 0 Å². The van der Waals surface area contributed by atoms with Gasteiger partial charge in [0.05, 0.1) is 12.6 Å². The van der Waals surface area contributed by atoms with Crippen molar-refractivity contribution in [2.45, 2.75) is 12.3 Å². The lowest BCUT2D eigenvalue weighted by molar-refractivity contribution is -0.137. The van der Waals surface area contributed by atoms with E-state index < -0.39 is 0 Å². The molecule has 4 nitrogen and oxygen atoms in total. The molecule has 5 heteroatoms. The van der Waals surface area contributed by atoms with Gasteiger partial charge in [-0.1, -0.05) is 30.3 Å². The van der Waals surface area contributed by atoms with Crippen LogP contribution >= 0.6 is 11.8 Å². The first-order chi connectivity index (χ1) is 8.86. The Kier molecular flexibility index (Phi) is 3.54. The van der Waals surface area contributed by atoms with Gasteiger partial charge >= 0.3 is 0 Å². The number of amides is 1. The Morgan fingerprint density at radius 1 is 1.39 bits per heavy atom. The molecule has 1 aromatic carbocycles. The second-order valence-corrected chi connectivity index (χ2v) is 5.47. The standard InChI is InChI=1S/C13H16N2O2S/c16-12(11-8-18-9-14-11)15-6-7-17-13(15)10-4-2-1-3-5-10/h1-5,11,13-14H,6-9H2. The minimum Gasteiger partial charge on any atom is -0.352 e. The fourth-order valence-corrected chi connectivity index (χ4v) is 3.28. The van der Waals surface area contributed by atoms with Crippen molar-refractivity contribution in [3.05, 3.63) is 35.9 Å². The number of ether oxygens (including phenoxy) is 1. The summed E-state index contributed by atoms with van der Waals surface area (Å²) < 4.78 is 5.70. The molecule has 3 rings (SSSR count). The molecule has 0 radical (unpaired) electrons. The second-order valence-electron chi connectivity index (χ2n) is 4.44. The van der Waals surface area contributed by atoms with Gasteiger partial charge < -0.3 is 9.64 Å². The summed E-state index contributed by atoms with van der Waals surface area (Å²) in [5, 5.41) is 3.22. The van der Waals surface area contributed by atoms with Crippen LogP contribution in [0.3, 0.4) is 0 Å². The third kappa shape index (κ3) is 2.25. The summed E-state index contributed by atoms with van der Waals surface area (Å²) in [4.78, 5) is 14.2. The van der Waals surface area contributed by atoms with Gasteiger partial charge in [-0.2, -0.15) is 0 Å². The van der Waals surface area contributed by atoms with Gasteiger partial charge in [-0.3, -0.25) is 10.1 Å². The molecule has 2 saturated heterocycles. The molecule has 2 heterocycles. The normalized spacial score (nSPS) is 27.7. The Labute approximate surface area is 111 Å². The van der Waals surface area contributed by atoms with Crippen LogP contribution in [0, 0.1) is 0 Å². The maximum Gasteiger partial charge on any atom is 0.242 e. The molecular weight excluding hydrogens is 248 g/mol. The van der Waals surface area contributed by atoms with E-state index in [1.807, 2.05) is 35.2 Å². The van der Waals surface area contributed by atoms with Crippen molar-refractivity contribution in [2.24, 2.45) is 0 Å². The van der Waals surface area contributed by atoms with Gasteiger partial charge in [-0.05, 0) is 0 Å². The molecule has 0 saturated carbocycles. The molecule has 2 fully saturated rings. The van der Waals surface area contributed by atoms with E-state index in [0.717, 1.165) is 17.2 Å². The average molecular weight is 264 g/mol. The lowest BCUT2D eigenvalue weighted by atomic mass is 10.1. The molecule has 2 unspecified atom stereocenters. The summed E-state index contributed by atoms with van der Waals surface area (Å²) in [5.74, 6) is 1.88. The Morgan fingerprint density at radius 3 is 2.94 bits per heavy atom. The lowest BCUT2D eigenvalue weighted by Crippen LogP contribution is -2.44. The van der Waals surface area contributed by atoms with Crippen molar-refractivity contribution in [3.63, 3.8) is 0 Å². The van der Waals surface area contributed by atoms with E-state index in [4.69, 9.17) is 4.74 Å². The minimum absolute atomic E-state index is 0.0529. The fraction of sp³-hybridized carbons (Fsp3) is 0.462. The Morgan fingerprint density at radius 2 is 2.22 bits per heavy atom. The smallest absolute Gasteiger partial charge is 0.242 e. The number of hydrogen-bond donors (Lipinski definition) is 1. The Balaban J connectivity index is 1.77. The van der Waals surface area contributed by atoms with E-state index in [2.05, 4.69) is 5.32 Å². The van der Waals surface area contributed by atoms with Gasteiger partial charge in [0.15, 0.2) is 6.23 Å². The highest BCUT2D eigenvalue weighted by Crippen LogP contribution is 2.28. The molecule has 0 aliphatic carbocycles. The topological polar surface area (TPSA) is 41.6 Å². The van der Waals surface area contributed by atoms with Crippen molar-refractivity contribution in [3.8, 4) is 0 Å². The van der Waals surface area contributed by atoms with Crippen LogP contribution < -0.4 is 5.32 Å². The summed E-state index contributed by atoms with van der Waals surface area (Å²) in [6.07, 6.45) is -0.217. The van der Waals surface area contributed by atoms with Crippen LogP contribution in [0.15, 0.2) is 30.3 Å². The van der Waals surface area contributed by atoms with Crippen LogP contribution in [-0.4, -0.2) is 41.6 Å². The second kappa shape index (κ2) is 5.30. The zero-order chi connectivity index (χ0) is 12.4. The third-order valence-electron chi connectivity index (χ3n) is 3.27. The van der Waals surface area contributed by atoms with Gasteiger partial charge in [0.1, 0.15) is 0 Å². The summed E-state index contributed by atoms with van der Waals surface area (Å²) >= 11 is 1.77. The molecule has 96 valence electrons. The number of nitrogens with zero attached hydrogens (tertiary/aromatic N) is 1. The van der Waals surface area contributed by atoms with Crippen molar-refractivity contribution < 1.29 is 9.53 Å². The van der Waals surface area contributed by atoms with Gasteiger partial charge in [0.2, 0.25) is 5.91 Å². The Hall–Kier alpha value is -1.04. The predicted octanol–water partition coefficient (Wildman–Crippen LogP) is 1.21. The highest BCUT2D eigenvalue weighted by atomic mass is 32.2. The van der Waals surface area contributed by atoms with Gasteiger partial charge in [0.25, 0.3) is 0 Å².